The van der Waals surface area contributed by atoms with Gasteiger partial charge in [-0.2, -0.15) is 65.9 Å². The first kappa shape index (κ1) is 30.6. The Balaban J connectivity index is 2.37. The number of nitrogens with zero attached hydrogens (tertiary/aromatic N) is 1. The molecule has 3 rings (SSSR count). The van der Waals surface area contributed by atoms with Gasteiger partial charge in [-0.25, -0.2) is 4.68 Å². The Kier molecular flexibility index (Phi) is 7.14. The number of hydrogen-bond acceptors (Lipinski definition) is 2. The lowest BCUT2D eigenvalue weighted by Gasteiger charge is -2.14. The van der Waals surface area contributed by atoms with E-state index in [1.165, 1.54) is 0 Å². The molecule has 4 nitrogen and oxygen atoms in total. The Hall–Kier alpha value is -3.93. The van der Waals surface area contributed by atoms with E-state index in [9.17, 15) is 75.4 Å². The van der Waals surface area contributed by atoms with E-state index in [2.05, 4.69) is 0 Å². The summed E-state index contributed by atoms with van der Waals surface area (Å²) in [4.78, 5) is 25.5. The Morgan fingerprint density at radius 1 is 0.550 bits per heavy atom. The van der Waals surface area contributed by atoms with Crippen LogP contribution in [0.15, 0.2) is 41.2 Å². The van der Waals surface area contributed by atoms with Crippen molar-refractivity contribution >= 4 is 5.78 Å². The van der Waals surface area contributed by atoms with Crippen molar-refractivity contribution in [3.8, 4) is 5.69 Å². The fourth-order valence-electron chi connectivity index (χ4n) is 3.33. The van der Waals surface area contributed by atoms with Gasteiger partial charge >= 0.3 is 30.9 Å². The highest BCUT2D eigenvalue weighted by atomic mass is 19.4. The third-order valence-corrected chi connectivity index (χ3v) is 5.08. The van der Waals surface area contributed by atoms with Crippen LogP contribution in [0.3, 0.4) is 0 Å². The maximum Gasteiger partial charge on any atom is 0.433 e. The first-order valence-electron chi connectivity index (χ1n) is 9.88. The number of carbonyl (C=O) groups is 1. The molecule has 1 aromatic heterocycles. The first-order chi connectivity index (χ1) is 17.8. The molecule has 0 saturated heterocycles. The topological polar surface area (TPSA) is 54.9 Å². The number of carbonyl (C=O) groups excluding carboxylic acids is 1. The first-order valence-corrected chi connectivity index (χ1v) is 9.88. The van der Waals surface area contributed by atoms with Gasteiger partial charge in [0.15, 0.2) is 5.69 Å². The van der Waals surface area contributed by atoms with Crippen LogP contribution < -0.4 is 5.56 Å². The maximum atomic E-state index is 13.7. The van der Waals surface area contributed by atoms with Crippen molar-refractivity contribution in [1.82, 2.24) is 9.78 Å². The Morgan fingerprint density at radius 2 is 0.900 bits per heavy atom. The minimum Gasteiger partial charge on any atom is -0.288 e. The number of alkyl halides is 15. The van der Waals surface area contributed by atoms with E-state index in [1.54, 1.807) is 0 Å². The van der Waals surface area contributed by atoms with Crippen molar-refractivity contribution in [2.24, 2.45) is 0 Å². The van der Waals surface area contributed by atoms with Crippen LogP contribution in [0.1, 0.15) is 43.9 Å². The summed E-state index contributed by atoms with van der Waals surface area (Å²) in [6.07, 6.45) is -28.1. The predicted molar refractivity (Wildman–Crippen MR) is 101 cm³/mol. The number of aromatic amines is 1. The zero-order chi connectivity index (χ0) is 30.8. The molecule has 218 valence electrons. The van der Waals surface area contributed by atoms with Gasteiger partial charge in [-0.15, -0.1) is 0 Å². The summed E-state index contributed by atoms with van der Waals surface area (Å²) in [5.41, 5.74) is -18.8. The molecular weight excluding hydrogens is 597 g/mol. The smallest absolute Gasteiger partial charge is 0.288 e. The quantitative estimate of drug-likeness (QED) is 0.249. The van der Waals surface area contributed by atoms with Gasteiger partial charge in [-0.1, -0.05) is 0 Å². The Morgan fingerprint density at radius 3 is 1.23 bits per heavy atom. The normalized spacial score (nSPS) is 13.6. The number of aromatic nitrogens is 2. The van der Waals surface area contributed by atoms with Crippen LogP contribution in [0, 0.1) is 0 Å². The second-order valence-corrected chi connectivity index (χ2v) is 7.89. The third kappa shape index (κ3) is 6.11. The third-order valence-electron chi connectivity index (χ3n) is 5.08. The minimum atomic E-state index is -5.83. The van der Waals surface area contributed by atoms with E-state index in [-0.39, 0.29) is 24.3 Å². The SMILES string of the molecule is O=C(c1cc(C(F)(F)F)cc(C(F)(F)F)c1)c1c(C(F)(F)F)[nH]n(-c2cc(C(F)(F)F)cc(C(F)(F)F)c2)c1=O. The molecule has 0 spiro atoms. The minimum absolute atomic E-state index is 0.215. The summed E-state index contributed by atoms with van der Waals surface area (Å²) in [5.74, 6) is -2.40. The van der Waals surface area contributed by atoms with Gasteiger partial charge in [0.1, 0.15) is 5.56 Å². The highest BCUT2D eigenvalue weighted by molar-refractivity contribution is 6.10. The van der Waals surface area contributed by atoms with Crippen LogP contribution in [0.2, 0.25) is 0 Å². The van der Waals surface area contributed by atoms with Gasteiger partial charge in [0.25, 0.3) is 5.56 Å². The largest absolute Gasteiger partial charge is 0.433 e. The molecule has 0 radical (unpaired) electrons. The number of H-pyrrole nitrogens is 1. The molecule has 3 aromatic rings. The lowest BCUT2D eigenvalue weighted by molar-refractivity contribution is -0.144. The number of ketones is 1. The maximum absolute atomic E-state index is 13.7. The molecule has 1 N–H and O–H groups in total. The molecule has 0 aliphatic carbocycles. The van der Waals surface area contributed by atoms with E-state index in [1.807, 2.05) is 0 Å². The number of nitrogens with one attached hydrogen (secondary N) is 1. The van der Waals surface area contributed by atoms with Gasteiger partial charge in [-0.05, 0) is 36.4 Å². The lowest BCUT2D eigenvalue weighted by atomic mass is 9.98. The molecule has 0 amide bonds. The molecule has 40 heavy (non-hydrogen) atoms. The van der Waals surface area contributed by atoms with Gasteiger partial charge in [0.2, 0.25) is 5.78 Å². The van der Waals surface area contributed by atoms with Crippen molar-refractivity contribution in [3.05, 3.63) is 85.8 Å². The van der Waals surface area contributed by atoms with Crippen molar-refractivity contribution in [2.75, 3.05) is 0 Å². The summed E-state index contributed by atoms with van der Waals surface area (Å²) >= 11 is 0. The summed E-state index contributed by atoms with van der Waals surface area (Å²) < 4.78 is 198. The number of halogens is 15. The Labute approximate surface area is 209 Å². The van der Waals surface area contributed by atoms with Crippen LogP contribution in [0.4, 0.5) is 65.9 Å². The van der Waals surface area contributed by atoms with Crippen molar-refractivity contribution < 1.29 is 70.7 Å². The van der Waals surface area contributed by atoms with Crippen LogP contribution in [0.5, 0.6) is 0 Å². The molecule has 2 aromatic carbocycles. The van der Waals surface area contributed by atoms with E-state index in [0.29, 0.717) is 0 Å². The van der Waals surface area contributed by atoms with Crippen molar-refractivity contribution in [1.29, 1.82) is 0 Å². The standard InChI is InChI=1S/C21H7F15N2O2/c22-17(23,24)8-1-7(2-9(3-8)18(25,26)27)14(39)13-15(21(34,35)36)37-38(16(13)40)12-5-10(19(28,29)30)4-11(6-12)20(31,32)33/h1-6,37H. The summed E-state index contributed by atoms with van der Waals surface area (Å²) in [5, 5.41) is 1.08. The fourth-order valence-corrected chi connectivity index (χ4v) is 3.33. The van der Waals surface area contributed by atoms with Crippen LogP contribution >= 0.6 is 0 Å². The van der Waals surface area contributed by atoms with Crippen LogP contribution in [-0.2, 0) is 30.9 Å². The van der Waals surface area contributed by atoms with E-state index in [0.717, 1.165) is 5.10 Å². The molecule has 0 aliphatic rings. The number of hydrogen-bond donors (Lipinski definition) is 1. The fraction of sp³-hybridized carbons (Fsp3) is 0.238. The average Bonchev–Trinajstić information content (AvgIpc) is 3.13. The Bertz CT molecular complexity index is 1450. The molecule has 0 fully saturated rings. The van der Waals surface area contributed by atoms with Crippen molar-refractivity contribution in [3.63, 3.8) is 0 Å². The van der Waals surface area contributed by atoms with Gasteiger partial charge in [-0.3, -0.25) is 14.7 Å². The molecule has 0 atom stereocenters. The summed E-state index contributed by atoms with van der Waals surface area (Å²) in [6.45, 7) is 0. The molecule has 0 aliphatic heterocycles. The highest BCUT2D eigenvalue weighted by Gasteiger charge is 2.43. The number of benzene rings is 2. The summed E-state index contributed by atoms with van der Waals surface area (Å²) in [7, 11) is 0. The summed E-state index contributed by atoms with van der Waals surface area (Å²) in [6, 6.07) is -2.00. The van der Waals surface area contributed by atoms with E-state index >= 15 is 0 Å². The van der Waals surface area contributed by atoms with Crippen LogP contribution in [0.25, 0.3) is 5.69 Å². The second-order valence-electron chi connectivity index (χ2n) is 7.89. The van der Waals surface area contributed by atoms with Gasteiger partial charge < -0.3 is 0 Å². The molecule has 1 heterocycles. The van der Waals surface area contributed by atoms with Crippen LogP contribution in [-0.4, -0.2) is 15.6 Å². The second kappa shape index (κ2) is 9.33. The molecule has 0 unspecified atom stereocenters. The van der Waals surface area contributed by atoms with E-state index < -0.39 is 104 Å². The van der Waals surface area contributed by atoms with Gasteiger partial charge in [0, 0.05) is 5.56 Å². The average molecular weight is 604 g/mol. The van der Waals surface area contributed by atoms with Crippen molar-refractivity contribution in [2.45, 2.75) is 30.9 Å². The molecule has 19 heteroatoms. The molecule has 0 saturated carbocycles. The monoisotopic (exact) mass is 604 g/mol. The lowest BCUT2D eigenvalue weighted by Crippen LogP contribution is -2.23. The number of rotatable bonds is 3. The zero-order valence-corrected chi connectivity index (χ0v) is 18.4. The highest BCUT2D eigenvalue weighted by Crippen LogP contribution is 2.39. The van der Waals surface area contributed by atoms with E-state index in [4.69, 9.17) is 0 Å². The molecule has 0 bridgehead atoms. The predicted octanol–water partition coefficient (Wildman–Crippen LogP) is 7.49. The zero-order valence-electron chi connectivity index (χ0n) is 18.4. The van der Waals surface area contributed by atoms with Gasteiger partial charge in [0.05, 0.1) is 27.9 Å². The molecular formula is C21H7F15N2O2.